The minimum absolute atomic E-state index is 0.0553. The second kappa shape index (κ2) is 6.87. The summed E-state index contributed by atoms with van der Waals surface area (Å²) >= 11 is 6.05. The number of aromatic hydroxyl groups is 1. The van der Waals surface area contributed by atoms with Gasteiger partial charge in [0.2, 0.25) is 0 Å². The highest BCUT2D eigenvalue weighted by Crippen LogP contribution is 2.40. The van der Waals surface area contributed by atoms with E-state index >= 15 is 0 Å². The third-order valence-corrected chi connectivity index (χ3v) is 4.95. The molecule has 6 nitrogen and oxygen atoms in total. The highest BCUT2D eigenvalue weighted by molar-refractivity contribution is 6.34. The van der Waals surface area contributed by atoms with E-state index in [2.05, 4.69) is 5.32 Å². The Morgan fingerprint density at radius 1 is 1.19 bits per heavy atom. The first kappa shape index (κ1) is 19.2. The Balaban J connectivity index is 2.01. The number of hydrogen-bond acceptors (Lipinski definition) is 5. The Bertz CT molecular complexity index is 925. The van der Waals surface area contributed by atoms with Crippen LogP contribution < -0.4 is 10.1 Å². The summed E-state index contributed by atoms with van der Waals surface area (Å²) in [6.07, 6.45) is -1.06. The molecular formula is C20H20ClNO5. The number of hydrogen-bond donors (Lipinski definition) is 3. The minimum atomic E-state index is -1.06. The predicted molar refractivity (Wildman–Crippen MR) is 100 cm³/mol. The molecule has 0 fully saturated rings. The number of rotatable bonds is 3. The van der Waals surface area contributed by atoms with Crippen molar-refractivity contribution in [2.24, 2.45) is 0 Å². The number of phenolic OH excluding ortho intramolecular Hbond substituents is 1. The third-order valence-electron chi connectivity index (χ3n) is 4.64. The van der Waals surface area contributed by atoms with Gasteiger partial charge in [0.05, 0.1) is 16.6 Å². The molecule has 1 amide bonds. The zero-order valence-electron chi connectivity index (χ0n) is 15.1. The van der Waals surface area contributed by atoms with Crippen LogP contribution in [0.2, 0.25) is 5.02 Å². The molecule has 0 unspecified atom stereocenters. The number of carbonyl (C=O) groups is 2. The van der Waals surface area contributed by atoms with Gasteiger partial charge < -0.3 is 20.3 Å². The molecule has 1 aliphatic rings. The van der Waals surface area contributed by atoms with Gasteiger partial charge in [0, 0.05) is 11.1 Å². The van der Waals surface area contributed by atoms with E-state index in [0.717, 1.165) is 0 Å². The van der Waals surface area contributed by atoms with Crippen LogP contribution in [0.1, 0.15) is 53.1 Å². The van der Waals surface area contributed by atoms with Crippen LogP contribution in [-0.2, 0) is 0 Å². The number of ether oxygens (including phenoxy) is 1. The Hall–Kier alpha value is -2.57. The third kappa shape index (κ3) is 3.63. The number of benzene rings is 2. The number of ketones is 1. The quantitative estimate of drug-likeness (QED) is 0.700. The van der Waals surface area contributed by atoms with Gasteiger partial charge in [-0.25, -0.2) is 0 Å². The van der Waals surface area contributed by atoms with E-state index in [1.165, 1.54) is 25.1 Å². The number of halogens is 1. The van der Waals surface area contributed by atoms with Crippen molar-refractivity contribution in [2.45, 2.75) is 38.5 Å². The molecule has 0 aromatic heterocycles. The average Bonchev–Trinajstić information content (AvgIpc) is 2.58. The Morgan fingerprint density at radius 3 is 2.52 bits per heavy atom. The van der Waals surface area contributed by atoms with Crippen LogP contribution in [0.5, 0.6) is 11.5 Å². The molecule has 142 valence electrons. The van der Waals surface area contributed by atoms with E-state index in [1.54, 1.807) is 32.0 Å². The fourth-order valence-corrected chi connectivity index (χ4v) is 3.34. The lowest BCUT2D eigenvalue weighted by Crippen LogP contribution is -2.53. The number of amides is 1. The van der Waals surface area contributed by atoms with Gasteiger partial charge in [-0.2, -0.15) is 0 Å². The molecule has 2 aromatic carbocycles. The maximum atomic E-state index is 12.7. The van der Waals surface area contributed by atoms with Gasteiger partial charge in [-0.15, -0.1) is 0 Å². The number of aliphatic hydroxyl groups is 1. The highest BCUT2D eigenvalue weighted by Gasteiger charge is 2.44. The second-order valence-electron chi connectivity index (χ2n) is 7.07. The van der Waals surface area contributed by atoms with Gasteiger partial charge in [0.25, 0.3) is 5.91 Å². The van der Waals surface area contributed by atoms with Crippen molar-refractivity contribution in [3.63, 3.8) is 0 Å². The summed E-state index contributed by atoms with van der Waals surface area (Å²) in [4.78, 5) is 24.5. The normalized spacial score (nSPS) is 20.3. The van der Waals surface area contributed by atoms with Crippen molar-refractivity contribution < 1.29 is 24.5 Å². The molecule has 27 heavy (non-hydrogen) atoms. The van der Waals surface area contributed by atoms with Crippen LogP contribution >= 0.6 is 11.6 Å². The molecule has 0 spiro atoms. The molecule has 2 atom stereocenters. The SMILES string of the molecule is CC(=O)c1ccc2c(c1)[C@@H](NC(=O)c1ccc(O)cc1Cl)[C@H](O)C(C)(C)O2. The standard InChI is InChI=1S/C20H20ClNO5/c1-10(23)11-4-7-16-14(8-11)17(18(25)20(2,3)27-16)22-19(26)13-6-5-12(24)9-15(13)21/h4-9,17-18,24-25H,1-3H3,(H,22,26)/t17-,18+/m1/s1. The lowest BCUT2D eigenvalue weighted by Gasteiger charge is -2.42. The lowest BCUT2D eigenvalue weighted by atomic mass is 9.85. The van der Waals surface area contributed by atoms with E-state index in [4.69, 9.17) is 16.3 Å². The van der Waals surface area contributed by atoms with Gasteiger partial charge >= 0.3 is 0 Å². The number of Topliss-reactive ketones (excluding diaryl/α,β-unsaturated/α-hetero) is 1. The van der Waals surface area contributed by atoms with Crippen LogP contribution in [0, 0.1) is 0 Å². The fourth-order valence-electron chi connectivity index (χ4n) is 3.08. The van der Waals surface area contributed by atoms with Gasteiger partial charge in [0.1, 0.15) is 23.2 Å². The molecule has 2 aromatic rings. The maximum Gasteiger partial charge on any atom is 0.253 e. The maximum absolute atomic E-state index is 12.7. The molecule has 0 aliphatic carbocycles. The van der Waals surface area contributed by atoms with E-state index < -0.39 is 23.7 Å². The molecule has 3 rings (SSSR count). The zero-order chi connectivity index (χ0) is 19.9. The minimum Gasteiger partial charge on any atom is -0.508 e. The largest absolute Gasteiger partial charge is 0.508 e. The van der Waals surface area contributed by atoms with Crippen molar-refractivity contribution in [3.8, 4) is 11.5 Å². The smallest absolute Gasteiger partial charge is 0.253 e. The topological polar surface area (TPSA) is 95.9 Å². The van der Waals surface area contributed by atoms with Crippen LogP contribution in [0.4, 0.5) is 0 Å². The van der Waals surface area contributed by atoms with Crippen LogP contribution in [0.3, 0.4) is 0 Å². The molecule has 1 aliphatic heterocycles. The van der Waals surface area contributed by atoms with Crippen molar-refractivity contribution in [3.05, 3.63) is 58.1 Å². The molecule has 1 heterocycles. The number of nitrogens with one attached hydrogen (secondary N) is 1. The fraction of sp³-hybridized carbons (Fsp3) is 0.300. The summed E-state index contributed by atoms with van der Waals surface area (Å²) in [5.41, 5.74) is 0.167. The van der Waals surface area contributed by atoms with Crippen molar-refractivity contribution >= 4 is 23.3 Å². The summed E-state index contributed by atoms with van der Waals surface area (Å²) in [6.45, 7) is 4.87. The molecule has 0 radical (unpaired) electrons. The Kier molecular flexibility index (Phi) is 4.88. The van der Waals surface area contributed by atoms with Crippen LogP contribution in [0.25, 0.3) is 0 Å². The number of fused-ring (bicyclic) bond motifs is 1. The molecule has 7 heteroatoms. The number of aliphatic hydroxyl groups excluding tert-OH is 1. The Morgan fingerprint density at radius 2 is 1.89 bits per heavy atom. The molecular weight excluding hydrogens is 370 g/mol. The van der Waals surface area contributed by atoms with E-state index in [0.29, 0.717) is 16.9 Å². The molecule has 0 bridgehead atoms. The van der Waals surface area contributed by atoms with Crippen molar-refractivity contribution in [1.29, 1.82) is 0 Å². The van der Waals surface area contributed by atoms with Crippen LogP contribution in [0.15, 0.2) is 36.4 Å². The monoisotopic (exact) mass is 389 g/mol. The number of carbonyl (C=O) groups excluding carboxylic acids is 2. The van der Waals surface area contributed by atoms with Crippen molar-refractivity contribution in [1.82, 2.24) is 5.32 Å². The number of phenols is 1. The average molecular weight is 390 g/mol. The molecule has 3 N–H and O–H groups in total. The van der Waals surface area contributed by atoms with Crippen molar-refractivity contribution in [2.75, 3.05) is 0 Å². The van der Waals surface area contributed by atoms with E-state index in [9.17, 15) is 19.8 Å². The lowest BCUT2D eigenvalue weighted by molar-refractivity contribution is -0.0627. The van der Waals surface area contributed by atoms with Gasteiger partial charge in [0.15, 0.2) is 5.78 Å². The molecule has 0 saturated carbocycles. The highest BCUT2D eigenvalue weighted by atomic mass is 35.5. The first-order valence-electron chi connectivity index (χ1n) is 8.41. The van der Waals surface area contributed by atoms with Gasteiger partial charge in [-0.3, -0.25) is 9.59 Å². The summed E-state index contributed by atoms with van der Waals surface area (Å²) in [5.74, 6) is -0.220. The second-order valence-corrected chi connectivity index (χ2v) is 7.48. The van der Waals surface area contributed by atoms with E-state index in [1.807, 2.05) is 0 Å². The Labute approximate surface area is 161 Å². The van der Waals surface area contributed by atoms with Gasteiger partial charge in [-0.05, 0) is 57.2 Å². The van der Waals surface area contributed by atoms with Crippen LogP contribution in [-0.4, -0.2) is 33.6 Å². The first-order chi connectivity index (χ1) is 12.6. The summed E-state index contributed by atoms with van der Waals surface area (Å²) in [5, 5.41) is 23.1. The summed E-state index contributed by atoms with van der Waals surface area (Å²) in [7, 11) is 0. The first-order valence-corrected chi connectivity index (χ1v) is 8.79. The van der Waals surface area contributed by atoms with Gasteiger partial charge in [-0.1, -0.05) is 11.6 Å². The zero-order valence-corrected chi connectivity index (χ0v) is 15.9. The molecule has 0 saturated heterocycles. The van der Waals surface area contributed by atoms with E-state index in [-0.39, 0.29) is 22.1 Å². The predicted octanol–water partition coefficient (Wildman–Crippen LogP) is 3.25. The summed E-state index contributed by atoms with van der Waals surface area (Å²) in [6, 6.07) is 8.13. The summed E-state index contributed by atoms with van der Waals surface area (Å²) < 4.78 is 5.85.